The Morgan fingerprint density at radius 2 is 2.00 bits per heavy atom. The molecule has 82 valence electrons. The van der Waals surface area contributed by atoms with Crippen LogP contribution in [-0.2, 0) is 10.0 Å². The summed E-state index contributed by atoms with van der Waals surface area (Å²) in [7, 11) is -3.33. The first kappa shape index (κ1) is 11.5. The molecule has 0 aliphatic heterocycles. The summed E-state index contributed by atoms with van der Waals surface area (Å²) in [6.07, 6.45) is 1.06. The van der Waals surface area contributed by atoms with Crippen LogP contribution in [0.2, 0.25) is 0 Å². The first-order valence-electron chi connectivity index (χ1n) is 4.20. The molecule has 2 N–H and O–H groups in total. The van der Waals surface area contributed by atoms with E-state index in [1.54, 1.807) is 31.2 Å². The molecule has 6 heteroatoms. The highest BCUT2D eigenvalue weighted by molar-refractivity contribution is 7.92. The van der Waals surface area contributed by atoms with Gasteiger partial charge in [-0.2, -0.15) is 0 Å². The number of rotatable bonds is 3. The van der Waals surface area contributed by atoms with E-state index in [9.17, 15) is 8.42 Å². The molecule has 0 aromatic heterocycles. The first-order valence-corrected chi connectivity index (χ1v) is 6.09. The zero-order chi connectivity index (χ0) is 11.5. The fourth-order valence-corrected chi connectivity index (χ4v) is 1.72. The Hall–Kier alpha value is -1.56. The van der Waals surface area contributed by atoms with Crippen LogP contribution in [0.3, 0.4) is 0 Å². The van der Waals surface area contributed by atoms with Gasteiger partial charge in [-0.3, -0.25) is 4.72 Å². The predicted octanol–water partition coefficient (Wildman–Crippen LogP) is 1.26. The zero-order valence-electron chi connectivity index (χ0n) is 8.43. The molecule has 5 nitrogen and oxygen atoms in total. The van der Waals surface area contributed by atoms with E-state index in [4.69, 9.17) is 5.21 Å². The summed E-state index contributed by atoms with van der Waals surface area (Å²) in [6.45, 7) is 1.59. The number of sulfonamides is 1. The van der Waals surface area contributed by atoms with Gasteiger partial charge in [0.15, 0.2) is 0 Å². The van der Waals surface area contributed by atoms with Gasteiger partial charge in [0.05, 0.1) is 17.7 Å². The van der Waals surface area contributed by atoms with Gasteiger partial charge in [0.25, 0.3) is 0 Å². The molecule has 0 spiro atoms. The molecule has 0 aliphatic rings. The Kier molecular flexibility index (Phi) is 3.31. The van der Waals surface area contributed by atoms with E-state index >= 15 is 0 Å². The molecule has 0 heterocycles. The molecule has 1 rings (SSSR count). The van der Waals surface area contributed by atoms with Crippen molar-refractivity contribution in [3.05, 3.63) is 29.8 Å². The van der Waals surface area contributed by atoms with E-state index in [0.29, 0.717) is 17.0 Å². The molecule has 15 heavy (non-hydrogen) atoms. The van der Waals surface area contributed by atoms with E-state index in [1.807, 2.05) is 0 Å². The van der Waals surface area contributed by atoms with Crippen molar-refractivity contribution >= 4 is 21.4 Å². The average Bonchev–Trinajstić information content (AvgIpc) is 2.15. The maximum Gasteiger partial charge on any atom is 0.229 e. The molecule has 0 fully saturated rings. The minimum atomic E-state index is -3.33. The second kappa shape index (κ2) is 4.31. The number of para-hydroxylation sites is 1. The van der Waals surface area contributed by atoms with Gasteiger partial charge in [-0.25, -0.2) is 8.42 Å². The van der Waals surface area contributed by atoms with E-state index < -0.39 is 10.0 Å². The van der Waals surface area contributed by atoms with Crippen molar-refractivity contribution in [2.75, 3.05) is 11.0 Å². The minimum Gasteiger partial charge on any atom is -0.411 e. The summed E-state index contributed by atoms with van der Waals surface area (Å²) in [5.74, 6) is 0. The highest BCUT2D eigenvalue weighted by Crippen LogP contribution is 2.16. The lowest BCUT2D eigenvalue weighted by Gasteiger charge is -2.08. The van der Waals surface area contributed by atoms with Crippen molar-refractivity contribution in [3.63, 3.8) is 0 Å². The van der Waals surface area contributed by atoms with Crippen molar-refractivity contribution in [2.24, 2.45) is 5.16 Å². The topological polar surface area (TPSA) is 78.8 Å². The lowest BCUT2D eigenvalue weighted by Crippen LogP contribution is -2.12. The minimum absolute atomic E-state index is 0.349. The van der Waals surface area contributed by atoms with Gasteiger partial charge < -0.3 is 5.21 Å². The van der Waals surface area contributed by atoms with Crippen molar-refractivity contribution < 1.29 is 13.6 Å². The molecule has 0 saturated heterocycles. The Labute approximate surface area is 88.5 Å². The standard InChI is InChI=1S/C9H12N2O3S/c1-7(10-12)8-5-3-4-6-9(8)11-15(2,13)14/h3-6,11-12H,1-2H3/b10-7+. The quantitative estimate of drug-likeness (QED) is 0.464. The van der Waals surface area contributed by atoms with Crippen LogP contribution in [-0.4, -0.2) is 25.6 Å². The van der Waals surface area contributed by atoms with Gasteiger partial charge in [-0.15, -0.1) is 0 Å². The van der Waals surface area contributed by atoms with Crippen LogP contribution in [0.1, 0.15) is 12.5 Å². The molecule has 0 atom stereocenters. The summed E-state index contributed by atoms with van der Waals surface area (Å²) >= 11 is 0. The third-order valence-corrected chi connectivity index (χ3v) is 2.35. The van der Waals surface area contributed by atoms with Crippen LogP contribution >= 0.6 is 0 Å². The van der Waals surface area contributed by atoms with Crippen molar-refractivity contribution in [1.29, 1.82) is 0 Å². The number of nitrogens with zero attached hydrogens (tertiary/aromatic N) is 1. The highest BCUT2D eigenvalue weighted by Gasteiger charge is 2.08. The molecular weight excluding hydrogens is 216 g/mol. The average molecular weight is 228 g/mol. The number of hydrogen-bond acceptors (Lipinski definition) is 4. The second-order valence-corrected chi connectivity index (χ2v) is 4.85. The van der Waals surface area contributed by atoms with Crippen LogP contribution in [0.5, 0.6) is 0 Å². The molecular formula is C9H12N2O3S. The van der Waals surface area contributed by atoms with Crippen LogP contribution in [0.4, 0.5) is 5.69 Å². The Morgan fingerprint density at radius 1 is 1.40 bits per heavy atom. The van der Waals surface area contributed by atoms with Gasteiger partial charge in [-0.05, 0) is 13.0 Å². The van der Waals surface area contributed by atoms with Gasteiger partial charge in [0.2, 0.25) is 10.0 Å². The normalized spacial score (nSPS) is 12.5. The number of nitrogens with one attached hydrogen (secondary N) is 1. The SMILES string of the molecule is C/C(=N\O)c1ccccc1NS(C)(=O)=O. The van der Waals surface area contributed by atoms with Crippen molar-refractivity contribution in [3.8, 4) is 0 Å². The molecule has 1 aromatic carbocycles. The van der Waals surface area contributed by atoms with Crippen LogP contribution in [0, 0.1) is 0 Å². The van der Waals surface area contributed by atoms with Crippen molar-refractivity contribution in [2.45, 2.75) is 6.92 Å². The number of benzene rings is 1. The third-order valence-electron chi connectivity index (χ3n) is 1.76. The highest BCUT2D eigenvalue weighted by atomic mass is 32.2. The number of hydrogen-bond donors (Lipinski definition) is 2. The maximum atomic E-state index is 11.1. The first-order chi connectivity index (χ1) is 6.94. The molecule has 0 unspecified atom stereocenters. The third kappa shape index (κ3) is 3.25. The van der Waals surface area contributed by atoms with Gasteiger partial charge in [0.1, 0.15) is 0 Å². The lowest BCUT2D eigenvalue weighted by atomic mass is 10.1. The fourth-order valence-electron chi connectivity index (χ4n) is 1.14. The maximum absolute atomic E-state index is 11.1. The molecule has 0 radical (unpaired) electrons. The lowest BCUT2D eigenvalue weighted by molar-refractivity contribution is 0.319. The molecule has 0 bridgehead atoms. The fraction of sp³-hybridized carbons (Fsp3) is 0.222. The zero-order valence-corrected chi connectivity index (χ0v) is 9.25. The van der Waals surface area contributed by atoms with E-state index in [-0.39, 0.29) is 0 Å². The molecule has 0 amide bonds. The Balaban J connectivity index is 3.19. The number of oxime groups is 1. The summed E-state index contributed by atoms with van der Waals surface area (Å²) < 4.78 is 24.4. The van der Waals surface area contributed by atoms with E-state index in [1.165, 1.54) is 0 Å². The number of anilines is 1. The summed E-state index contributed by atoms with van der Waals surface area (Å²) in [5.41, 5.74) is 1.29. The van der Waals surface area contributed by atoms with Gasteiger partial charge >= 0.3 is 0 Å². The molecule has 1 aromatic rings. The second-order valence-electron chi connectivity index (χ2n) is 3.11. The van der Waals surface area contributed by atoms with E-state index in [0.717, 1.165) is 6.26 Å². The summed E-state index contributed by atoms with van der Waals surface area (Å²) in [5, 5.41) is 11.7. The monoisotopic (exact) mass is 228 g/mol. The predicted molar refractivity (Wildman–Crippen MR) is 58.9 cm³/mol. The molecule has 0 saturated carbocycles. The Morgan fingerprint density at radius 3 is 2.53 bits per heavy atom. The van der Waals surface area contributed by atoms with Gasteiger partial charge in [0, 0.05) is 5.56 Å². The van der Waals surface area contributed by atoms with Crippen LogP contribution in [0.25, 0.3) is 0 Å². The summed E-state index contributed by atoms with van der Waals surface area (Å²) in [6, 6.07) is 6.70. The molecule has 0 aliphatic carbocycles. The van der Waals surface area contributed by atoms with E-state index in [2.05, 4.69) is 9.88 Å². The van der Waals surface area contributed by atoms with Crippen LogP contribution in [0.15, 0.2) is 29.4 Å². The Bertz CT molecular complexity index is 480. The smallest absolute Gasteiger partial charge is 0.229 e. The largest absolute Gasteiger partial charge is 0.411 e. The summed E-state index contributed by atoms with van der Waals surface area (Å²) in [4.78, 5) is 0. The van der Waals surface area contributed by atoms with Crippen molar-refractivity contribution in [1.82, 2.24) is 0 Å². The van der Waals surface area contributed by atoms with Gasteiger partial charge in [-0.1, -0.05) is 23.4 Å². The van der Waals surface area contributed by atoms with Crippen LogP contribution < -0.4 is 4.72 Å².